The number of piperidine rings is 1. The van der Waals surface area contributed by atoms with Gasteiger partial charge in [0.15, 0.2) is 0 Å². The van der Waals surface area contributed by atoms with Crippen LogP contribution in [0.3, 0.4) is 0 Å². The molecule has 0 aromatic carbocycles. The molecule has 1 atom stereocenters. The van der Waals surface area contributed by atoms with E-state index in [1.807, 2.05) is 16.7 Å². The summed E-state index contributed by atoms with van der Waals surface area (Å²) in [5, 5.41) is 8.92. The molecule has 0 N–H and O–H groups in total. The molecule has 2 aliphatic rings. The lowest BCUT2D eigenvalue weighted by Gasteiger charge is -2.31. The summed E-state index contributed by atoms with van der Waals surface area (Å²) in [7, 11) is 0. The Hall–Kier alpha value is -0.690. The topological polar surface area (TPSA) is 44.1 Å². The lowest BCUT2D eigenvalue weighted by Crippen LogP contribution is -2.40. The van der Waals surface area contributed by atoms with Gasteiger partial charge < -0.3 is 4.90 Å². The van der Waals surface area contributed by atoms with Gasteiger partial charge in [-0.2, -0.15) is 17.0 Å². The van der Waals surface area contributed by atoms with Crippen LogP contribution in [0.1, 0.15) is 32.1 Å². The first-order valence-electron chi connectivity index (χ1n) is 6.54. The fourth-order valence-electron chi connectivity index (χ4n) is 2.64. The molecule has 0 aromatic heterocycles. The Balaban J connectivity index is 1.80. The number of thioether (sulfide) groups is 1. The number of amides is 1. The first-order chi connectivity index (χ1) is 8.29. The zero-order chi connectivity index (χ0) is 12.1. The van der Waals surface area contributed by atoms with Crippen LogP contribution in [0.2, 0.25) is 0 Å². The normalized spacial score (nSPS) is 26.5. The summed E-state index contributed by atoms with van der Waals surface area (Å²) in [5.41, 5.74) is 0. The molecule has 94 valence electrons. The minimum Gasteiger partial charge on any atom is -0.341 e. The molecule has 4 heteroatoms. The van der Waals surface area contributed by atoms with Gasteiger partial charge >= 0.3 is 0 Å². The van der Waals surface area contributed by atoms with Crippen molar-refractivity contribution in [1.82, 2.24) is 4.90 Å². The van der Waals surface area contributed by atoms with Crippen LogP contribution in [0.15, 0.2) is 0 Å². The Morgan fingerprint density at radius 1 is 1.35 bits per heavy atom. The average molecular weight is 252 g/mol. The molecule has 2 fully saturated rings. The van der Waals surface area contributed by atoms with E-state index in [-0.39, 0.29) is 11.8 Å². The monoisotopic (exact) mass is 252 g/mol. The molecule has 0 bridgehead atoms. The van der Waals surface area contributed by atoms with Crippen LogP contribution < -0.4 is 0 Å². The van der Waals surface area contributed by atoms with Crippen LogP contribution >= 0.6 is 11.8 Å². The highest BCUT2D eigenvalue weighted by atomic mass is 32.2. The third-order valence-corrected chi connectivity index (χ3v) is 4.81. The van der Waals surface area contributed by atoms with Crippen molar-refractivity contribution in [2.24, 2.45) is 11.8 Å². The summed E-state index contributed by atoms with van der Waals surface area (Å²) < 4.78 is 0. The largest absolute Gasteiger partial charge is 0.341 e. The van der Waals surface area contributed by atoms with E-state index in [2.05, 4.69) is 6.07 Å². The van der Waals surface area contributed by atoms with E-state index in [0.717, 1.165) is 19.4 Å². The number of nitrogens with zero attached hydrogens (tertiary/aromatic N) is 2. The van der Waals surface area contributed by atoms with Crippen LogP contribution in [0.4, 0.5) is 0 Å². The molecule has 2 rings (SSSR count). The molecule has 2 aliphatic heterocycles. The number of nitriles is 1. The average Bonchev–Trinajstić information content (AvgIpc) is 2.40. The maximum atomic E-state index is 12.1. The first kappa shape index (κ1) is 12.8. The van der Waals surface area contributed by atoms with Gasteiger partial charge in [0.1, 0.15) is 0 Å². The number of hydrogen-bond donors (Lipinski definition) is 0. The van der Waals surface area contributed by atoms with Crippen molar-refractivity contribution in [2.45, 2.75) is 32.1 Å². The number of hydrogen-bond acceptors (Lipinski definition) is 3. The van der Waals surface area contributed by atoms with Gasteiger partial charge in [0, 0.05) is 19.5 Å². The van der Waals surface area contributed by atoms with Crippen LogP contribution in [-0.2, 0) is 4.79 Å². The summed E-state index contributed by atoms with van der Waals surface area (Å²) in [6.07, 6.45) is 5.03. The van der Waals surface area contributed by atoms with Crippen molar-refractivity contribution in [3.05, 3.63) is 0 Å². The van der Waals surface area contributed by atoms with E-state index in [9.17, 15) is 4.79 Å². The number of likely N-dealkylation sites (tertiary alicyclic amines) is 1. The summed E-state index contributed by atoms with van der Waals surface area (Å²) in [6.45, 7) is 1.52. The van der Waals surface area contributed by atoms with Crippen LogP contribution in [-0.4, -0.2) is 35.4 Å². The number of rotatable bonds is 2. The molecule has 2 heterocycles. The lowest BCUT2D eigenvalue weighted by molar-refractivity contribution is -0.133. The van der Waals surface area contributed by atoms with Gasteiger partial charge in [0.25, 0.3) is 0 Å². The maximum Gasteiger partial charge on any atom is 0.222 e. The zero-order valence-corrected chi connectivity index (χ0v) is 11.0. The van der Waals surface area contributed by atoms with Gasteiger partial charge in [-0.1, -0.05) is 0 Å². The molecule has 0 spiro atoms. The van der Waals surface area contributed by atoms with Crippen LogP contribution in [0.5, 0.6) is 0 Å². The highest BCUT2D eigenvalue weighted by molar-refractivity contribution is 7.99. The quantitative estimate of drug-likeness (QED) is 0.757. The second-order valence-corrected chi connectivity index (χ2v) is 6.29. The fraction of sp³-hybridized carbons (Fsp3) is 0.846. The van der Waals surface area contributed by atoms with E-state index < -0.39 is 0 Å². The van der Waals surface area contributed by atoms with Gasteiger partial charge in [-0.25, -0.2) is 0 Å². The van der Waals surface area contributed by atoms with Crippen molar-refractivity contribution in [3.8, 4) is 6.07 Å². The molecule has 1 unspecified atom stereocenters. The predicted molar refractivity (Wildman–Crippen MR) is 69.6 cm³/mol. The van der Waals surface area contributed by atoms with E-state index in [1.165, 1.54) is 24.3 Å². The third kappa shape index (κ3) is 3.64. The standard InChI is InChI=1S/C13H20N2OS/c14-9-12-2-1-5-15(10-12)13(16)8-11-3-6-17-7-4-11/h11-12H,1-8,10H2. The highest BCUT2D eigenvalue weighted by Gasteiger charge is 2.25. The molecule has 2 saturated heterocycles. The summed E-state index contributed by atoms with van der Waals surface area (Å²) in [6, 6.07) is 2.30. The minimum atomic E-state index is 0.0645. The second kappa shape index (κ2) is 6.30. The molecule has 17 heavy (non-hydrogen) atoms. The Labute approximate surface area is 108 Å². The molecule has 0 aromatic rings. The first-order valence-corrected chi connectivity index (χ1v) is 7.70. The smallest absolute Gasteiger partial charge is 0.222 e. The second-order valence-electron chi connectivity index (χ2n) is 5.07. The highest BCUT2D eigenvalue weighted by Crippen LogP contribution is 2.26. The Morgan fingerprint density at radius 3 is 2.82 bits per heavy atom. The SMILES string of the molecule is N#CC1CCCN(C(=O)CC2CCSCC2)C1. The molecular formula is C13H20N2OS. The van der Waals surface area contributed by atoms with Crippen LogP contribution in [0, 0.1) is 23.2 Å². The molecular weight excluding hydrogens is 232 g/mol. The van der Waals surface area contributed by atoms with Gasteiger partial charge in [-0.15, -0.1) is 0 Å². The molecule has 0 aliphatic carbocycles. The van der Waals surface area contributed by atoms with Gasteiger partial charge in [-0.3, -0.25) is 4.79 Å². The Morgan fingerprint density at radius 2 is 2.12 bits per heavy atom. The molecule has 1 amide bonds. The van der Waals surface area contributed by atoms with E-state index in [0.29, 0.717) is 18.9 Å². The minimum absolute atomic E-state index is 0.0645. The molecule has 0 radical (unpaired) electrons. The Bertz CT molecular complexity index is 307. The number of carbonyl (C=O) groups is 1. The Kier molecular flexibility index (Phi) is 4.73. The maximum absolute atomic E-state index is 12.1. The zero-order valence-electron chi connectivity index (χ0n) is 10.2. The predicted octanol–water partition coefficient (Wildman–Crippen LogP) is 2.28. The summed E-state index contributed by atoms with van der Waals surface area (Å²) in [4.78, 5) is 14.1. The van der Waals surface area contributed by atoms with E-state index >= 15 is 0 Å². The number of carbonyl (C=O) groups excluding carboxylic acids is 1. The van der Waals surface area contributed by atoms with E-state index in [1.54, 1.807) is 0 Å². The van der Waals surface area contributed by atoms with Gasteiger partial charge in [-0.05, 0) is 43.1 Å². The van der Waals surface area contributed by atoms with Crippen molar-refractivity contribution in [3.63, 3.8) is 0 Å². The van der Waals surface area contributed by atoms with Crippen molar-refractivity contribution >= 4 is 17.7 Å². The summed E-state index contributed by atoms with van der Waals surface area (Å²) >= 11 is 2.00. The third-order valence-electron chi connectivity index (χ3n) is 3.76. The van der Waals surface area contributed by atoms with Crippen LogP contribution in [0.25, 0.3) is 0 Å². The molecule has 0 saturated carbocycles. The lowest BCUT2D eigenvalue weighted by atomic mass is 9.95. The van der Waals surface area contributed by atoms with Crippen molar-refractivity contribution in [1.29, 1.82) is 5.26 Å². The van der Waals surface area contributed by atoms with E-state index in [4.69, 9.17) is 5.26 Å². The van der Waals surface area contributed by atoms with Crippen molar-refractivity contribution in [2.75, 3.05) is 24.6 Å². The molecule has 3 nitrogen and oxygen atoms in total. The fourth-order valence-corrected chi connectivity index (χ4v) is 3.84. The van der Waals surface area contributed by atoms with Gasteiger partial charge in [0.2, 0.25) is 5.91 Å². The van der Waals surface area contributed by atoms with Gasteiger partial charge in [0.05, 0.1) is 12.0 Å². The van der Waals surface area contributed by atoms with Crippen molar-refractivity contribution < 1.29 is 4.79 Å². The summed E-state index contributed by atoms with van der Waals surface area (Å²) in [5.74, 6) is 3.35.